The van der Waals surface area contributed by atoms with Crippen LogP contribution in [0, 0.1) is 0 Å². The van der Waals surface area contributed by atoms with Crippen LogP contribution in [0.3, 0.4) is 0 Å². The smallest absolute Gasteiger partial charge is 0.335 e. The van der Waals surface area contributed by atoms with Gasteiger partial charge in [0.2, 0.25) is 0 Å². The lowest BCUT2D eigenvalue weighted by molar-refractivity contribution is 0.0697. The zero-order valence-corrected chi connectivity index (χ0v) is 10.3. The maximum atomic E-state index is 10.7. The Hall–Kier alpha value is -1.81. The zero-order valence-electron chi connectivity index (χ0n) is 8.72. The third-order valence-electron chi connectivity index (χ3n) is 2.35. The van der Waals surface area contributed by atoms with Crippen LogP contribution in [0.5, 0.6) is 5.75 Å². The zero-order chi connectivity index (χ0) is 12.4. The maximum Gasteiger partial charge on any atom is 0.335 e. The van der Waals surface area contributed by atoms with E-state index in [1.807, 2.05) is 6.07 Å². The van der Waals surface area contributed by atoms with Crippen molar-refractivity contribution in [2.45, 2.75) is 0 Å². The van der Waals surface area contributed by atoms with Crippen molar-refractivity contribution in [3.8, 4) is 16.9 Å². The minimum Gasteiger partial charge on any atom is -0.508 e. The largest absolute Gasteiger partial charge is 0.508 e. The molecule has 2 aromatic rings. The van der Waals surface area contributed by atoms with E-state index in [1.54, 1.807) is 24.3 Å². The van der Waals surface area contributed by atoms with Crippen molar-refractivity contribution in [2.75, 3.05) is 0 Å². The second-order valence-electron chi connectivity index (χ2n) is 3.58. The summed E-state index contributed by atoms with van der Waals surface area (Å²) in [6.07, 6.45) is 0. The summed E-state index contributed by atoms with van der Waals surface area (Å²) in [6, 6.07) is 11.6. The molecule has 3 nitrogen and oxygen atoms in total. The van der Waals surface area contributed by atoms with Gasteiger partial charge in [0, 0.05) is 4.47 Å². The molecular weight excluding hydrogens is 284 g/mol. The highest BCUT2D eigenvalue weighted by Gasteiger charge is 2.04. The van der Waals surface area contributed by atoms with Crippen LogP contribution in [0.15, 0.2) is 46.9 Å². The van der Waals surface area contributed by atoms with Crippen molar-refractivity contribution in [3.05, 3.63) is 52.5 Å². The van der Waals surface area contributed by atoms with Crippen LogP contribution in [0.2, 0.25) is 0 Å². The summed E-state index contributed by atoms with van der Waals surface area (Å²) >= 11 is 3.29. The van der Waals surface area contributed by atoms with E-state index in [1.165, 1.54) is 12.1 Å². The van der Waals surface area contributed by atoms with Gasteiger partial charge in [-0.3, -0.25) is 0 Å². The minimum absolute atomic E-state index is 0.164. The summed E-state index contributed by atoms with van der Waals surface area (Å²) in [5.74, 6) is -0.787. The first-order valence-corrected chi connectivity index (χ1v) is 5.69. The summed E-state index contributed by atoms with van der Waals surface area (Å²) in [4.78, 5) is 10.7. The fourth-order valence-corrected chi connectivity index (χ4v) is 2.03. The number of benzene rings is 2. The molecule has 0 saturated heterocycles. The van der Waals surface area contributed by atoms with Gasteiger partial charge < -0.3 is 10.2 Å². The molecule has 2 N–H and O–H groups in total. The molecule has 0 aromatic heterocycles. The van der Waals surface area contributed by atoms with Crippen LogP contribution in [-0.2, 0) is 0 Å². The molecule has 2 aromatic carbocycles. The van der Waals surface area contributed by atoms with Crippen LogP contribution in [-0.4, -0.2) is 16.2 Å². The Morgan fingerprint density at radius 1 is 1.00 bits per heavy atom. The normalized spacial score (nSPS) is 10.2. The molecule has 0 fully saturated rings. The van der Waals surface area contributed by atoms with Crippen LogP contribution in [0.4, 0.5) is 0 Å². The van der Waals surface area contributed by atoms with E-state index in [0.29, 0.717) is 0 Å². The van der Waals surface area contributed by atoms with Crippen molar-refractivity contribution >= 4 is 21.9 Å². The lowest BCUT2D eigenvalue weighted by Crippen LogP contribution is -1.94. The molecule has 86 valence electrons. The van der Waals surface area contributed by atoms with E-state index in [9.17, 15) is 9.90 Å². The number of aromatic hydroxyl groups is 1. The Bertz CT molecular complexity index is 541. The number of phenols is 1. The molecule has 2 rings (SSSR count). The van der Waals surface area contributed by atoms with E-state index in [2.05, 4.69) is 15.9 Å². The molecule has 0 aliphatic rings. The molecule has 0 atom stereocenters. The second-order valence-corrected chi connectivity index (χ2v) is 4.50. The first-order valence-electron chi connectivity index (χ1n) is 4.89. The van der Waals surface area contributed by atoms with Gasteiger partial charge in [-0.05, 0) is 41.5 Å². The number of aromatic carboxylic acids is 1. The first-order chi connectivity index (χ1) is 8.06. The monoisotopic (exact) mass is 292 g/mol. The molecule has 0 heterocycles. The quantitative estimate of drug-likeness (QED) is 0.890. The second kappa shape index (κ2) is 4.59. The summed E-state index contributed by atoms with van der Waals surface area (Å²) in [6.45, 7) is 0. The molecule has 0 bridgehead atoms. The van der Waals surface area contributed by atoms with Gasteiger partial charge in [-0.15, -0.1) is 0 Å². The van der Waals surface area contributed by atoms with Crippen molar-refractivity contribution in [1.29, 1.82) is 0 Å². The van der Waals surface area contributed by atoms with E-state index >= 15 is 0 Å². The molecule has 4 heteroatoms. The molecule has 0 saturated carbocycles. The average Bonchev–Trinajstić information content (AvgIpc) is 2.28. The lowest BCUT2D eigenvalue weighted by Gasteiger charge is -2.04. The predicted octanol–water partition coefficient (Wildman–Crippen LogP) is 3.52. The van der Waals surface area contributed by atoms with Gasteiger partial charge in [-0.1, -0.05) is 28.1 Å². The van der Waals surface area contributed by atoms with Crippen LogP contribution < -0.4 is 0 Å². The van der Waals surface area contributed by atoms with E-state index in [0.717, 1.165) is 15.6 Å². The van der Waals surface area contributed by atoms with Gasteiger partial charge in [0.05, 0.1) is 5.56 Å². The van der Waals surface area contributed by atoms with Gasteiger partial charge in [-0.25, -0.2) is 4.79 Å². The fraction of sp³-hybridized carbons (Fsp3) is 0. The minimum atomic E-state index is -0.950. The molecule has 0 amide bonds. The number of carboxylic acids is 1. The third-order valence-corrected chi connectivity index (χ3v) is 2.81. The Balaban J connectivity index is 2.43. The van der Waals surface area contributed by atoms with E-state index in [-0.39, 0.29) is 11.3 Å². The Labute approximate surface area is 106 Å². The number of halogens is 1. The topological polar surface area (TPSA) is 57.5 Å². The summed E-state index contributed by atoms with van der Waals surface area (Å²) < 4.78 is 0.773. The average molecular weight is 293 g/mol. The standard InChI is InChI=1S/C13H9BrO3/c14-11-5-10(6-12(15)7-11)8-1-3-9(4-2-8)13(16)17/h1-7,15H,(H,16,17). The van der Waals surface area contributed by atoms with Gasteiger partial charge in [0.25, 0.3) is 0 Å². The SMILES string of the molecule is O=C(O)c1ccc(-c2cc(O)cc(Br)c2)cc1. The number of carbonyl (C=O) groups is 1. The molecule has 17 heavy (non-hydrogen) atoms. The Morgan fingerprint density at radius 2 is 1.65 bits per heavy atom. The fourth-order valence-electron chi connectivity index (χ4n) is 1.55. The number of carboxylic acid groups (broad SMARTS) is 1. The molecular formula is C13H9BrO3. The first kappa shape index (κ1) is 11.7. The molecule has 0 aliphatic heterocycles. The van der Waals surface area contributed by atoms with Crippen molar-refractivity contribution < 1.29 is 15.0 Å². The highest BCUT2D eigenvalue weighted by molar-refractivity contribution is 9.10. The highest BCUT2D eigenvalue weighted by atomic mass is 79.9. The molecule has 0 spiro atoms. The van der Waals surface area contributed by atoms with Crippen molar-refractivity contribution in [1.82, 2.24) is 0 Å². The van der Waals surface area contributed by atoms with Crippen molar-refractivity contribution in [3.63, 3.8) is 0 Å². The van der Waals surface area contributed by atoms with Crippen LogP contribution >= 0.6 is 15.9 Å². The van der Waals surface area contributed by atoms with Gasteiger partial charge >= 0.3 is 5.97 Å². The summed E-state index contributed by atoms with van der Waals surface area (Å²) in [5, 5.41) is 18.3. The van der Waals surface area contributed by atoms with Crippen molar-refractivity contribution in [2.24, 2.45) is 0 Å². The number of phenolic OH excluding ortho intramolecular Hbond substituents is 1. The predicted molar refractivity (Wildman–Crippen MR) is 68.2 cm³/mol. The number of hydrogen-bond donors (Lipinski definition) is 2. The molecule has 0 radical (unpaired) electrons. The summed E-state index contributed by atoms with van der Waals surface area (Å²) in [5.41, 5.74) is 1.92. The van der Waals surface area contributed by atoms with Crippen LogP contribution in [0.25, 0.3) is 11.1 Å². The molecule has 0 aliphatic carbocycles. The summed E-state index contributed by atoms with van der Waals surface area (Å²) in [7, 11) is 0. The Kier molecular flexibility index (Phi) is 3.15. The van der Waals surface area contributed by atoms with E-state index < -0.39 is 5.97 Å². The number of rotatable bonds is 2. The highest BCUT2D eigenvalue weighted by Crippen LogP contribution is 2.28. The Morgan fingerprint density at radius 3 is 2.18 bits per heavy atom. The molecule has 0 unspecified atom stereocenters. The van der Waals surface area contributed by atoms with Gasteiger partial charge in [-0.2, -0.15) is 0 Å². The third kappa shape index (κ3) is 2.65. The lowest BCUT2D eigenvalue weighted by atomic mass is 10.0. The maximum absolute atomic E-state index is 10.7. The van der Waals surface area contributed by atoms with Crippen LogP contribution in [0.1, 0.15) is 10.4 Å². The van der Waals surface area contributed by atoms with Gasteiger partial charge in [0.1, 0.15) is 5.75 Å². The van der Waals surface area contributed by atoms with E-state index in [4.69, 9.17) is 5.11 Å². The van der Waals surface area contributed by atoms with Gasteiger partial charge in [0.15, 0.2) is 0 Å². The number of hydrogen-bond acceptors (Lipinski definition) is 2.